The number of rotatable bonds is 0. The van der Waals surface area contributed by atoms with Gasteiger partial charge in [-0.1, -0.05) is 0 Å². The molecule has 0 radical (unpaired) electrons. The zero-order valence-corrected chi connectivity index (χ0v) is 8.07. The van der Waals surface area contributed by atoms with Crippen LogP contribution in [0.3, 0.4) is 0 Å². The van der Waals surface area contributed by atoms with E-state index in [0.717, 1.165) is 22.3 Å². The van der Waals surface area contributed by atoms with E-state index in [-0.39, 0.29) is 52.8 Å². The first-order valence-electron chi connectivity index (χ1n) is 0.447. The number of hydrogen-bond acceptors (Lipinski definition) is 1. The predicted octanol–water partition coefficient (Wildman–Crippen LogP) is -3.52. The molecule has 0 rings (SSSR count). The van der Waals surface area contributed by atoms with Gasteiger partial charge in [-0.3, -0.25) is 0 Å². The van der Waals surface area contributed by atoms with Crippen molar-refractivity contribution in [1.82, 2.24) is 0 Å². The van der Waals surface area contributed by atoms with Gasteiger partial charge in [-0.05, 0) is 0 Å². The second-order valence-electron chi connectivity index (χ2n) is 0.100. The maximum atomic E-state index is 7.34. The fourth-order valence-corrected chi connectivity index (χ4v) is 0. The van der Waals surface area contributed by atoms with E-state index in [0.29, 0.717) is 0 Å². The Morgan fingerprint density at radius 3 is 2.00 bits per heavy atom. The maximum Gasteiger partial charge on any atom is 1.00 e. The van der Waals surface area contributed by atoms with Crippen LogP contribution in [0.2, 0.25) is 0 Å². The summed E-state index contributed by atoms with van der Waals surface area (Å²) < 4.78 is 1.80. The molecule has 0 unspecified atom stereocenters. The maximum absolute atomic E-state index is 7.34. The van der Waals surface area contributed by atoms with Crippen LogP contribution in [0.4, 0.5) is 0 Å². The molecule has 0 spiro atoms. The van der Waals surface area contributed by atoms with Crippen LogP contribution in [0.25, 0.3) is 0 Å². The molecule has 0 saturated heterocycles. The fourth-order valence-electron chi connectivity index (χ4n) is 0. The van der Waals surface area contributed by atoms with Gasteiger partial charge in [0.25, 0.3) is 0 Å². The fraction of sp³-hybridized carbons (Fsp3) is 0. The summed E-state index contributed by atoms with van der Waals surface area (Å²) in [6.45, 7) is 0. The second kappa shape index (κ2) is 8.87. The van der Waals surface area contributed by atoms with Gasteiger partial charge in [-0.25, -0.2) is 0 Å². The quantitative estimate of drug-likeness (QED) is 0.367. The van der Waals surface area contributed by atoms with Crippen molar-refractivity contribution in [3.05, 3.63) is 0 Å². The number of nitrogens with zero attached hydrogens (tertiary/aromatic N) is 1. The minimum absolute atomic E-state index is 0. The molecule has 4 heavy (non-hydrogen) atoms. The van der Waals surface area contributed by atoms with Gasteiger partial charge >= 0.3 is 83.1 Å². The van der Waals surface area contributed by atoms with Crippen molar-refractivity contribution >= 4 is 22.3 Å². The molecule has 0 atom stereocenters. The minimum atomic E-state index is 0. The zero-order valence-electron chi connectivity index (χ0n) is 3.39. The van der Waals surface area contributed by atoms with Gasteiger partial charge in [0, 0.05) is 0 Å². The van der Waals surface area contributed by atoms with Crippen molar-refractivity contribution in [2.24, 2.45) is 0 Å². The Kier molecular flexibility index (Phi) is 20.7. The van der Waals surface area contributed by atoms with Crippen LogP contribution < -0.4 is 51.4 Å². The molecule has 0 aliphatic heterocycles. The Labute approximate surface area is 82.6 Å². The van der Waals surface area contributed by atoms with Crippen molar-refractivity contribution in [2.45, 2.75) is 0 Å². The molecule has 0 aromatic heterocycles. The van der Waals surface area contributed by atoms with Gasteiger partial charge in [0.05, 0.1) is 0 Å². The van der Waals surface area contributed by atoms with E-state index in [4.69, 9.17) is 5.26 Å². The van der Waals surface area contributed by atoms with Crippen molar-refractivity contribution in [3.8, 4) is 4.12 Å². The first-order valence-corrected chi connectivity index (χ1v) is 1.72. The Bertz CT molecular complexity index is 33.1. The van der Waals surface area contributed by atoms with Crippen LogP contribution in [-0.4, -0.2) is 22.3 Å². The first kappa shape index (κ1) is 9.32. The van der Waals surface area contributed by atoms with E-state index in [1.807, 2.05) is 0 Å². The Morgan fingerprint density at radius 2 is 2.00 bits per heavy atom. The molecule has 3 heteroatoms. The average Bonchev–Trinajstić information content (AvgIpc) is 0.918. The standard InChI is InChI=1S/CHNTe.K.H/c2-1-3;;/h3H;;/q;+1;-1. The van der Waals surface area contributed by atoms with Crippen LogP contribution >= 0.6 is 0 Å². The van der Waals surface area contributed by atoms with Crippen LogP contribution in [0.1, 0.15) is 1.43 Å². The first-order chi connectivity index (χ1) is 1.41. The Balaban J connectivity index is -0.0000000200. The summed E-state index contributed by atoms with van der Waals surface area (Å²) in [7, 11) is 0. The third-order valence-electron chi connectivity index (χ3n) is 0. The van der Waals surface area contributed by atoms with E-state index in [2.05, 4.69) is 0 Å². The molecule has 0 aromatic rings. The molecule has 0 fully saturated rings. The van der Waals surface area contributed by atoms with Crippen molar-refractivity contribution < 1.29 is 52.8 Å². The van der Waals surface area contributed by atoms with E-state index in [1.54, 1.807) is 4.12 Å². The summed E-state index contributed by atoms with van der Waals surface area (Å²) in [5, 5.41) is 7.34. The van der Waals surface area contributed by atoms with Gasteiger partial charge in [0.1, 0.15) is 0 Å². The van der Waals surface area contributed by atoms with Gasteiger partial charge in [-0.15, -0.1) is 0 Å². The molecule has 0 aliphatic carbocycles. The molecular formula is CH2KNTe. The molecule has 0 amide bonds. The van der Waals surface area contributed by atoms with Crippen LogP contribution in [0, 0.1) is 9.38 Å². The minimum Gasteiger partial charge on any atom is -1.00 e. The zero-order chi connectivity index (χ0) is 2.71. The SMILES string of the molecule is N#C[TeH].[H-].[K+]. The molecule has 0 heterocycles. The van der Waals surface area contributed by atoms with Gasteiger partial charge in [-0.2, -0.15) is 0 Å². The predicted molar refractivity (Wildman–Crippen MR) is 13.9 cm³/mol. The summed E-state index contributed by atoms with van der Waals surface area (Å²) in [4.78, 5) is 0. The summed E-state index contributed by atoms with van der Waals surface area (Å²) in [5.41, 5.74) is 0. The van der Waals surface area contributed by atoms with E-state index >= 15 is 0 Å². The third kappa shape index (κ3) is 9.07. The number of nitriles is 1. The van der Waals surface area contributed by atoms with Crippen LogP contribution in [0.15, 0.2) is 0 Å². The average molecular weight is 195 g/mol. The van der Waals surface area contributed by atoms with Crippen molar-refractivity contribution in [3.63, 3.8) is 0 Å². The van der Waals surface area contributed by atoms with Crippen LogP contribution in [-0.2, 0) is 0 Å². The molecule has 1 nitrogen and oxygen atoms in total. The summed E-state index contributed by atoms with van der Waals surface area (Å²) >= 11 is 1.16. The molecule has 0 aromatic carbocycles. The summed E-state index contributed by atoms with van der Waals surface area (Å²) in [6, 6.07) is 0. The van der Waals surface area contributed by atoms with E-state index in [1.165, 1.54) is 0 Å². The summed E-state index contributed by atoms with van der Waals surface area (Å²) in [5.74, 6) is 0. The Morgan fingerprint density at radius 1 is 2.00 bits per heavy atom. The molecule has 0 saturated carbocycles. The van der Waals surface area contributed by atoms with Crippen molar-refractivity contribution in [1.29, 1.82) is 5.26 Å². The van der Waals surface area contributed by atoms with Crippen LogP contribution in [0.5, 0.6) is 0 Å². The van der Waals surface area contributed by atoms with E-state index < -0.39 is 0 Å². The summed E-state index contributed by atoms with van der Waals surface area (Å²) in [6.07, 6.45) is 0. The van der Waals surface area contributed by atoms with Gasteiger partial charge < -0.3 is 1.43 Å². The topological polar surface area (TPSA) is 23.8 Å². The molecule has 0 aliphatic rings. The smallest absolute Gasteiger partial charge is 1.00 e. The van der Waals surface area contributed by atoms with Gasteiger partial charge in [0.2, 0.25) is 0 Å². The third-order valence-corrected chi connectivity index (χ3v) is 0. The second-order valence-corrected chi connectivity index (χ2v) is 0.671. The molecular weight excluding hydrogens is 193 g/mol. The number of hydrogen-bond donors (Lipinski definition) is 0. The normalized spacial score (nSPS) is 2.00. The van der Waals surface area contributed by atoms with E-state index in [9.17, 15) is 0 Å². The Hall–Kier alpha value is 1.92. The molecule has 0 bridgehead atoms. The largest absolute Gasteiger partial charge is 1.00 e. The van der Waals surface area contributed by atoms with Crippen molar-refractivity contribution in [2.75, 3.05) is 0 Å². The monoisotopic (exact) mass is 197 g/mol. The van der Waals surface area contributed by atoms with Gasteiger partial charge in [0.15, 0.2) is 0 Å². The molecule has 0 N–H and O–H groups in total. The molecule has 18 valence electrons.